The van der Waals surface area contributed by atoms with Crippen molar-refractivity contribution in [2.75, 3.05) is 26.7 Å². The van der Waals surface area contributed by atoms with Crippen LogP contribution in [0.3, 0.4) is 0 Å². The highest BCUT2D eigenvalue weighted by atomic mass is 15.1. The number of hydrogen-bond donors (Lipinski definition) is 3. The molecule has 1 fully saturated rings. The highest BCUT2D eigenvalue weighted by Crippen LogP contribution is 2.12. The molecule has 1 aromatic rings. The number of aryl methyl sites for hydroxylation is 1. The van der Waals surface area contributed by atoms with Gasteiger partial charge in [0.1, 0.15) is 0 Å². The van der Waals surface area contributed by atoms with Gasteiger partial charge >= 0.3 is 0 Å². The van der Waals surface area contributed by atoms with Crippen LogP contribution in [0.25, 0.3) is 5.57 Å². The molecular weight excluding hydrogens is 308 g/mol. The fourth-order valence-electron chi connectivity index (χ4n) is 2.34. The molecule has 0 bridgehead atoms. The molecule has 0 unspecified atom stereocenters. The van der Waals surface area contributed by atoms with E-state index in [1.165, 1.54) is 63.9 Å². The van der Waals surface area contributed by atoms with E-state index >= 15 is 0 Å². The molecule has 2 rings (SSSR count). The van der Waals surface area contributed by atoms with E-state index in [1.54, 1.807) is 6.08 Å². The molecule has 1 aromatic carbocycles. The second-order valence-corrected chi connectivity index (χ2v) is 5.29. The van der Waals surface area contributed by atoms with Crippen molar-refractivity contribution in [3.63, 3.8) is 0 Å². The minimum atomic E-state index is 0.759. The molecule has 142 valence electrons. The summed E-state index contributed by atoms with van der Waals surface area (Å²) in [5, 5.41) is 14.1. The van der Waals surface area contributed by atoms with Gasteiger partial charge in [0, 0.05) is 18.0 Å². The second kappa shape index (κ2) is 18.6. The van der Waals surface area contributed by atoms with Crippen LogP contribution in [-0.2, 0) is 0 Å². The Labute approximate surface area is 155 Å². The summed E-state index contributed by atoms with van der Waals surface area (Å²) in [4.78, 5) is 2.52. The third-order valence-corrected chi connectivity index (χ3v) is 3.70. The molecule has 4 N–H and O–H groups in total. The van der Waals surface area contributed by atoms with E-state index in [2.05, 4.69) is 17.6 Å². The minimum Gasteiger partial charge on any atom is -0.333 e. The monoisotopic (exact) mass is 346 g/mol. The van der Waals surface area contributed by atoms with Gasteiger partial charge in [-0.15, -0.1) is 0 Å². The first kappa shape index (κ1) is 25.5. The Kier molecular flexibility index (Phi) is 18.9. The lowest BCUT2D eigenvalue weighted by Gasteiger charge is -2.24. The van der Waals surface area contributed by atoms with Crippen LogP contribution in [0.1, 0.15) is 51.2 Å². The molecule has 0 radical (unpaired) electrons. The van der Waals surface area contributed by atoms with E-state index in [0.717, 1.165) is 11.1 Å². The van der Waals surface area contributed by atoms with Crippen LogP contribution in [-0.4, -0.2) is 44.0 Å². The zero-order valence-electron chi connectivity index (χ0n) is 16.8. The van der Waals surface area contributed by atoms with Gasteiger partial charge in [-0.1, -0.05) is 57.0 Å². The van der Waals surface area contributed by atoms with E-state index < -0.39 is 0 Å². The minimum absolute atomic E-state index is 0.759. The smallest absolute Gasteiger partial charge is 0.0256 e. The third-order valence-electron chi connectivity index (χ3n) is 3.70. The first-order valence-corrected chi connectivity index (χ1v) is 9.29. The number of likely N-dealkylation sites (tertiary alicyclic amines) is 1. The van der Waals surface area contributed by atoms with Crippen molar-refractivity contribution in [2.45, 2.75) is 47.0 Å². The van der Waals surface area contributed by atoms with Crippen molar-refractivity contribution >= 4 is 18.0 Å². The van der Waals surface area contributed by atoms with Crippen molar-refractivity contribution in [1.82, 2.24) is 4.90 Å². The van der Waals surface area contributed by atoms with Gasteiger partial charge in [-0.2, -0.15) is 0 Å². The Morgan fingerprint density at radius 1 is 1.04 bits per heavy atom. The van der Waals surface area contributed by atoms with Crippen molar-refractivity contribution < 1.29 is 0 Å². The lowest BCUT2D eigenvalue weighted by molar-refractivity contribution is 0.240. The van der Waals surface area contributed by atoms with Crippen LogP contribution in [0.5, 0.6) is 0 Å². The molecule has 0 amide bonds. The second-order valence-electron chi connectivity index (χ2n) is 5.29. The summed E-state index contributed by atoms with van der Waals surface area (Å²) in [5.74, 6) is 0. The van der Waals surface area contributed by atoms with Crippen molar-refractivity contribution in [3.05, 3.63) is 41.5 Å². The van der Waals surface area contributed by atoms with Gasteiger partial charge in [0.15, 0.2) is 0 Å². The number of allylic oxidation sites excluding steroid dienone is 2. The number of benzene rings is 1. The van der Waals surface area contributed by atoms with E-state index in [-0.39, 0.29) is 0 Å². The van der Waals surface area contributed by atoms with Gasteiger partial charge in [0.05, 0.1) is 0 Å². The summed E-state index contributed by atoms with van der Waals surface area (Å²) in [6, 6.07) is 7.90. The number of nitrogens with zero attached hydrogens (tertiary/aromatic N) is 1. The quantitative estimate of drug-likeness (QED) is 0.687. The average Bonchev–Trinajstić information content (AvgIpc) is 2.71. The SMILES string of the molecule is CC.CCN1CCCCC1.CN.Cc1ccc(/C(C=N)=C/C=N)cc1. The lowest BCUT2D eigenvalue weighted by Crippen LogP contribution is -2.29. The highest BCUT2D eigenvalue weighted by molar-refractivity contribution is 6.12. The van der Waals surface area contributed by atoms with E-state index in [0.29, 0.717) is 0 Å². The standard InChI is InChI=1S/C11H12N2.C7H15N.C2H6.CH5N/c1-9-2-4-10(5-3-9)11(8-13)6-7-12;1-2-8-6-4-3-5-7-8;2*1-2/h2-8,12-13H,1H3;2-7H2,1H3;1-2H3;2H2,1H3/b11-6+,12-7?,13-8?;;;. The molecule has 0 aromatic heterocycles. The molecule has 1 aliphatic heterocycles. The summed E-state index contributed by atoms with van der Waals surface area (Å²) in [7, 11) is 1.50. The van der Waals surface area contributed by atoms with Gasteiger partial charge in [0.2, 0.25) is 0 Å². The number of nitrogens with one attached hydrogen (secondary N) is 2. The topological polar surface area (TPSA) is 77.0 Å². The van der Waals surface area contributed by atoms with Crippen LogP contribution in [0, 0.1) is 17.7 Å². The number of rotatable bonds is 4. The molecule has 4 nitrogen and oxygen atoms in total. The van der Waals surface area contributed by atoms with E-state index in [9.17, 15) is 0 Å². The largest absolute Gasteiger partial charge is 0.333 e. The Balaban J connectivity index is 0. The average molecular weight is 347 g/mol. The molecule has 0 atom stereocenters. The molecule has 1 saturated heterocycles. The number of nitrogens with two attached hydrogens (primary N) is 1. The normalized spacial score (nSPS) is 13.8. The maximum absolute atomic E-state index is 7.16. The Morgan fingerprint density at radius 2 is 1.56 bits per heavy atom. The molecule has 1 aliphatic rings. The summed E-state index contributed by atoms with van der Waals surface area (Å²) in [6.07, 6.45) is 8.37. The van der Waals surface area contributed by atoms with Crippen LogP contribution < -0.4 is 5.73 Å². The zero-order chi connectivity index (χ0) is 19.5. The molecule has 4 heteroatoms. The summed E-state index contributed by atoms with van der Waals surface area (Å²) < 4.78 is 0. The van der Waals surface area contributed by atoms with Gasteiger partial charge < -0.3 is 21.5 Å². The summed E-state index contributed by atoms with van der Waals surface area (Å²) in [5.41, 5.74) is 7.43. The highest BCUT2D eigenvalue weighted by Gasteiger charge is 2.05. The Hall–Kier alpha value is -1.78. The molecule has 0 saturated carbocycles. The lowest BCUT2D eigenvalue weighted by atomic mass is 10.1. The van der Waals surface area contributed by atoms with Gasteiger partial charge in [-0.25, -0.2) is 0 Å². The zero-order valence-corrected chi connectivity index (χ0v) is 16.8. The predicted octanol–water partition coefficient (Wildman–Crippen LogP) is 4.77. The number of hydrogen-bond acceptors (Lipinski definition) is 4. The third kappa shape index (κ3) is 12.3. The van der Waals surface area contributed by atoms with Crippen LogP contribution in [0.15, 0.2) is 30.3 Å². The first-order valence-electron chi connectivity index (χ1n) is 9.29. The molecule has 0 spiro atoms. The fraction of sp³-hybridized carbons (Fsp3) is 0.524. The molecular formula is C21H38N4. The predicted molar refractivity (Wildman–Crippen MR) is 114 cm³/mol. The first-order chi connectivity index (χ1) is 12.2. The van der Waals surface area contributed by atoms with Crippen molar-refractivity contribution in [3.8, 4) is 0 Å². The van der Waals surface area contributed by atoms with Crippen molar-refractivity contribution in [2.24, 2.45) is 5.73 Å². The van der Waals surface area contributed by atoms with Crippen molar-refractivity contribution in [1.29, 1.82) is 10.8 Å². The summed E-state index contributed by atoms with van der Waals surface area (Å²) in [6.45, 7) is 12.2. The number of piperidine rings is 1. The van der Waals surface area contributed by atoms with Gasteiger partial charge in [0.25, 0.3) is 0 Å². The van der Waals surface area contributed by atoms with E-state index in [4.69, 9.17) is 10.8 Å². The van der Waals surface area contributed by atoms with Crippen LogP contribution in [0.2, 0.25) is 0 Å². The Morgan fingerprint density at radius 3 is 1.92 bits per heavy atom. The maximum Gasteiger partial charge on any atom is 0.0256 e. The van der Waals surface area contributed by atoms with Crippen LogP contribution >= 0.6 is 0 Å². The fourth-order valence-corrected chi connectivity index (χ4v) is 2.34. The Bertz CT molecular complexity index is 457. The maximum atomic E-state index is 7.16. The van der Waals surface area contributed by atoms with Gasteiger partial charge in [-0.05, 0) is 58.1 Å². The molecule has 25 heavy (non-hydrogen) atoms. The van der Waals surface area contributed by atoms with Gasteiger partial charge in [-0.3, -0.25) is 0 Å². The van der Waals surface area contributed by atoms with Crippen LogP contribution in [0.4, 0.5) is 0 Å². The molecule has 1 heterocycles. The molecule has 0 aliphatic carbocycles. The summed E-state index contributed by atoms with van der Waals surface area (Å²) >= 11 is 0. The van der Waals surface area contributed by atoms with E-state index in [1.807, 2.05) is 45.0 Å².